The van der Waals surface area contributed by atoms with Gasteiger partial charge in [0.1, 0.15) is 0 Å². The highest BCUT2D eigenvalue weighted by molar-refractivity contribution is 6.33. The Morgan fingerprint density at radius 2 is 2.06 bits per heavy atom. The van der Waals surface area contributed by atoms with Crippen molar-refractivity contribution in [3.8, 4) is 0 Å². The first kappa shape index (κ1) is 11.6. The number of anilines is 2. The van der Waals surface area contributed by atoms with Crippen LogP contribution in [0, 0.1) is 0 Å². The fourth-order valence-electron chi connectivity index (χ4n) is 2.16. The molecule has 1 fully saturated rings. The quantitative estimate of drug-likeness (QED) is 0.697. The summed E-state index contributed by atoms with van der Waals surface area (Å²) in [4.78, 5) is 0. The van der Waals surface area contributed by atoms with E-state index in [2.05, 4.69) is 5.32 Å². The van der Waals surface area contributed by atoms with Gasteiger partial charge >= 0.3 is 0 Å². The molecule has 0 radical (unpaired) electrons. The van der Waals surface area contributed by atoms with Crippen LogP contribution >= 0.6 is 11.6 Å². The summed E-state index contributed by atoms with van der Waals surface area (Å²) >= 11 is 6.07. The summed E-state index contributed by atoms with van der Waals surface area (Å²) < 4.78 is 0. The predicted molar refractivity (Wildman–Crippen MR) is 67.7 cm³/mol. The third-order valence-corrected chi connectivity index (χ3v) is 3.42. The van der Waals surface area contributed by atoms with Crippen LogP contribution in [-0.2, 0) is 0 Å². The van der Waals surface area contributed by atoms with Crippen molar-refractivity contribution >= 4 is 23.0 Å². The molecule has 0 spiro atoms. The molecule has 0 bridgehead atoms. The largest absolute Gasteiger partial charge is 0.397 e. The van der Waals surface area contributed by atoms with Gasteiger partial charge in [-0.2, -0.15) is 0 Å². The molecule has 1 aromatic rings. The first-order chi connectivity index (χ1) is 7.68. The standard InChI is InChI=1S/C12H17ClN2O/c13-8-4-3-5-9(14)12(8)15-10-6-1-2-7-11(10)16/h3-5,10-11,15-16H,1-2,6-7,14H2. The van der Waals surface area contributed by atoms with Gasteiger partial charge in [-0.1, -0.05) is 30.5 Å². The van der Waals surface area contributed by atoms with Crippen LogP contribution in [0.15, 0.2) is 18.2 Å². The molecule has 3 nitrogen and oxygen atoms in total. The smallest absolute Gasteiger partial charge is 0.0766 e. The molecule has 1 saturated carbocycles. The molecule has 88 valence electrons. The molecule has 4 heteroatoms. The SMILES string of the molecule is Nc1cccc(Cl)c1NC1CCCCC1O. The predicted octanol–water partition coefficient (Wildman–Crippen LogP) is 2.64. The second kappa shape index (κ2) is 4.93. The zero-order valence-electron chi connectivity index (χ0n) is 9.12. The molecule has 4 N–H and O–H groups in total. The van der Waals surface area contributed by atoms with Crippen molar-refractivity contribution in [1.29, 1.82) is 0 Å². The molecule has 2 rings (SSSR count). The second-order valence-corrected chi connectivity index (χ2v) is 4.71. The fraction of sp³-hybridized carbons (Fsp3) is 0.500. The Balaban J connectivity index is 2.13. The van der Waals surface area contributed by atoms with Crippen molar-refractivity contribution in [2.45, 2.75) is 37.8 Å². The number of aliphatic hydroxyl groups is 1. The van der Waals surface area contributed by atoms with Gasteiger partial charge in [-0.15, -0.1) is 0 Å². The third kappa shape index (κ3) is 2.42. The molecular formula is C12H17ClN2O. The summed E-state index contributed by atoms with van der Waals surface area (Å²) in [6.45, 7) is 0. The van der Waals surface area contributed by atoms with E-state index < -0.39 is 0 Å². The van der Waals surface area contributed by atoms with Gasteiger partial charge in [0.2, 0.25) is 0 Å². The molecule has 0 amide bonds. The Hall–Kier alpha value is -0.930. The van der Waals surface area contributed by atoms with Crippen molar-refractivity contribution < 1.29 is 5.11 Å². The van der Waals surface area contributed by atoms with E-state index in [0.717, 1.165) is 31.4 Å². The van der Waals surface area contributed by atoms with Gasteiger partial charge in [-0.25, -0.2) is 0 Å². The zero-order valence-corrected chi connectivity index (χ0v) is 9.87. The van der Waals surface area contributed by atoms with E-state index >= 15 is 0 Å². The number of nitrogens with two attached hydrogens (primary N) is 1. The van der Waals surface area contributed by atoms with Crippen molar-refractivity contribution in [2.75, 3.05) is 11.1 Å². The maximum Gasteiger partial charge on any atom is 0.0766 e. The van der Waals surface area contributed by atoms with Crippen LogP contribution in [0.3, 0.4) is 0 Å². The minimum Gasteiger partial charge on any atom is -0.397 e. The average Bonchev–Trinajstić information content (AvgIpc) is 2.26. The van der Waals surface area contributed by atoms with Crippen LogP contribution in [0.4, 0.5) is 11.4 Å². The lowest BCUT2D eigenvalue weighted by atomic mass is 9.92. The summed E-state index contributed by atoms with van der Waals surface area (Å²) in [5.74, 6) is 0. The van der Waals surface area contributed by atoms with Crippen molar-refractivity contribution in [3.05, 3.63) is 23.2 Å². The Morgan fingerprint density at radius 3 is 2.75 bits per heavy atom. The molecule has 0 heterocycles. The number of hydrogen-bond donors (Lipinski definition) is 3. The van der Waals surface area contributed by atoms with E-state index in [0.29, 0.717) is 10.7 Å². The Kier molecular flexibility index (Phi) is 3.56. The van der Waals surface area contributed by atoms with Crippen LogP contribution in [0.25, 0.3) is 0 Å². The topological polar surface area (TPSA) is 58.3 Å². The number of hydrogen-bond acceptors (Lipinski definition) is 3. The molecule has 2 atom stereocenters. The number of nitrogen functional groups attached to an aromatic ring is 1. The monoisotopic (exact) mass is 240 g/mol. The molecule has 1 aliphatic carbocycles. The van der Waals surface area contributed by atoms with Crippen molar-refractivity contribution in [1.82, 2.24) is 0 Å². The Labute approximate surface area is 101 Å². The minimum absolute atomic E-state index is 0.0657. The molecule has 0 aromatic heterocycles. The number of aliphatic hydroxyl groups excluding tert-OH is 1. The number of nitrogens with one attached hydrogen (secondary N) is 1. The van der Waals surface area contributed by atoms with Crippen molar-refractivity contribution in [2.24, 2.45) is 0 Å². The van der Waals surface area contributed by atoms with Gasteiger partial charge in [0.05, 0.1) is 28.5 Å². The van der Waals surface area contributed by atoms with E-state index in [4.69, 9.17) is 17.3 Å². The lowest BCUT2D eigenvalue weighted by Crippen LogP contribution is -2.36. The third-order valence-electron chi connectivity index (χ3n) is 3.11. The van der Waals surface area contributed by atoms with E-state index in [1.165, 1.54) is 0 Å². The van der Waals surface area contributed by atoms with Crippen LogP contribution in [0.1, 0.15) is 25.7 Å². The van der Waals surface area contributed by atoms with E-state index in [-0.39, 0.29) is 12.1 Å². The van der Waals surface area contributed by atoms with E-state index in [1.54, 1.807) is 6.07 Å². The van der Waals surface area contributed by atoms with Crippen LogP contribution in [-0.4, -0.2) is 17.3 Å². The van der Waals surface area contributed by atoms with Crippen LogP contribution in [0.2, 0.25) is 5.02 Å². The summed E-state index contributed by atoms with van der Waals surface area (Å²) in [5.41, 5.74) is 7.23. The Bertz CT molecular complexity index is 350. The molecule has 1 aromatic carbocycles. The van der Waals surface area contributed by atoms with Gasteiger partial charge < -0.3 is 16.2 Å². The first-order valence-corrected chi connectivity index (χ1v) is 6.05. The zero-order chi connectivity index (χ0) is 11.5. The van der Waals surface area contributed by atoms with Gasteiger partial charge in [0.15, 0.2) is 0 Å². The van der Waals surface area contributed by atoms with E-state index in [9.17, 15) is 5.11 Å². The lowest BCUT2D eigenvalue weighted by molar-refractivity contribution is 0.116. The minimum atomic E-state index is -0.301. The van der Waals surface area contributed by atoms with Gasteiger partial charge in [0.25, 0.3) is 0 Å². The van der Waals surface area contributed by atoms with Crippen LogP contribution in [0.5, 0.6) is 0 Å². The van der Waals surface area contributed by atoms with Gasteiger partial charge in [-0.05, 0) is 25.0 Å². The second-order valence-electron chi connectivity index (χ2n) is 4.31. The molecule has 0 saturated heterocycles. The number of halogens is 1. The van der Waals surface area contributed by atoms with E-state index in [1.807, 2.05) is 12.1 Å². The number of benzene rings is 1. The lowest BCUT2D eigenvalue weighted by Gasteiger charge is -2.30. The summed E-state index contributed by atoms with van der Waals surface area (Å²) in [6.07, 6.45) is 3.74. The highest BCUT2D eigenvalue weighted by Crippen LogP contribution is 2.31. The molecule has 16 heavy (non-hydrogen) atoms. The maximum absolute atomic E-state index is 9.87. The highest BCUT2D eigenvalue weighted by atomic mass is 35.5. The first-order valence-electron chi connectivity index (χ1n) is 5.67. The summed E-state index contributed by atoms with van der Waals surface area (Å²) in [7, 11) is 0. The highest BCUT2D eigenvalue weighted by Gasteiger charge is 2.23. The summed E-state index contributed by atoms with van der Waals surface area (Å²) in [6, 6.07) is 5.50. The fourth-order valence-corrected chi connectivity index (χ4v) is 2.39. The molecular weight excluding hydrogens is 224 g/mol. The number of rotatable bonds is 2. The van der Waals surface area contributed by atoms with Gasteiger partial charge in [0, 0.05) is 0 Å². The van der Waals surface area contributed by atoms with Gasteiger partial charge in [-0.3, -0.25) is 0 Å². The maximum atomic E-state index is 9.87. The Morgan fingerprint density at radius 1 is 1.31 bits per heavy atom. The normalized spacial score (nSPS) is 25.4. The van der Waals surface area contributed by atoms with Crippen molar-refractivity contribution in [3.63, 3.8) is 0 Å². The van der Waals surface area contributed by atoms with Crippen LogP contribution < -0.4 is 11.1 Å². The summed E-state index contributed by atoms with van der Waals surface area (Å²) in [5, 5.41) is 13.7. The molecule has 1 aliphatic rings. The number of para-hydroxylation sites is 1. The molecule has 0 aliphatic heterocycles. The average molecular weight is 241 g/mol. The molecule has 2 unspecified atom stereocenters.